The minimum Gasteiger partial charge on any atom is -0.292 e. The highest BCUT2D eigenvalue weighted by Gasteiger charge is 2.30. The molecule has 0 fully saturated rings. The van der Waals surface area contributed by atoms with Crippen LogP contribution >= 0.6 is 34.8 Å². The average molecular weight is 395 g/mol. The fraction of sp³-hybridized carbons (Fsp3) is 0.167. The predicted octanol–water partition coefficient (Wildman–Crippen LogP) is 5.47. The normalized spacial score (nSPS) is 13.4. The summed E-state index contributed by atoms with van der Waals surface area (Å²) in [5.74, 6) is -0.313. The predicted molar refractivity (Wildman–Crippen MR) is 99.7 cm³/mol. The van der Waals surface area contributed by atoms with Gasteiger partial charge in [0.05, 0.1) is 0 Å². The van der Waals surface area contributed by atoms with Crippen molar-refractivity contribution in [1.82, 2.24) is 14.8 Å². The number of carbonyl (C=O) groups is 1. The molecule has 0 aliphatic rings. The Labute approximate surface area is 160 Å². The number of hydrogen-bond donors (Lipinski definition) is 0. The molecule has 2 unspecified atom stereocenters. The van der Waals surface area contributed by atoms with Crippen molar-refractivity contribution in [2.24, 2.45) is 0 Å². The molecule has 1 heterocycles. The smallest absolute Gasteiger partial charge is 0.188 e. The second kappa shape index (κ2) is 7.56. The van der Waals surface area contributed by atoms with Crippen molar-refractivity contribution in [1.29, 1.82) is 0 Å². The maximum absolute atomic E-state index is 13.1. The molecule has 128 valence electrons. The highest BCUT2D eigenvalue weighted by Crippen LogP contribution is 2.34. The summed E-state index contributed by atoms with van der Waals surface area (Å²) >= 11 is 18.2. The number of nitrogens with zero attached hydrogens (tertiary/aromatic N) is 3. The van der Waals surface area contributed by atoms with Crippen molar-refractivity contribution in [2.45, 2.75) is 18.9 Å². The molecule has 0 N–H and O–H groups in total. The van der Waals surface area contributed by atoms with E-state index in [1.807, 2.05) is 6.92 Å². The molecular weight excluding hydrogens is 381 g/mol. The molecule has 2 atom stereocenters. The van der Waals surface area contributed by atoms with Crippen molar-refractivity contribution in [3.8, 4) is 0 Å². The van der Waals surface area contributed by atoms with E-state index in [0.29, 0.717) is 20.6 Å². The van der Waals surface area contributed by atoms with E-state index >= 15 is 0 Å². The first-order valence-corrected chi connectivity index (χ1v) is 8.69. The quantitative estimate of drug-likeness (QED) is 0.539. The maximum Gasteiger partial charge on any atom is 0.188 e. The van der Waals surface area contributed by atoms with Crippen LogP contribution in [0.25, 0.3) is 0 Å². The Hall–Kier alpha value is -1.88. The fourth-order valence-corrected chi connectivity index (χ4v) is 3.41. The van der Waals surface area contributed by atoms with Crippen molar-refractivity contribution < 1.29 is 4.79 Å². The van der Waals surface area contributed by atoms with Crippen LogP contribution in [0.2, 0.25) is 15.1 Å². The van der Waals surface area contributed by atoms with E-state index in [1.54, 1.807) is 47.1 Å². The zero-order chi connectivity index (χ0) is 18.0. The average Bonchev–Trinajstić information content (AvgIpc) is 3.08. The molecule has 25 heavy (non-hydrogen) atoms. The zero-order valence-corrected chi connectivity index (χ0v) is 15.5. The topological polar surface area (TPSA) is 47.8 Å². The number of carbonyl (C=O) groups excluding carboxylic acids is 1. The maximum atomic E-state index is 13.1. The highest BCUT2D eigenvalue weighted by atomic mass is 35.5. The van der Waals surface area contributed by atoms with Crippen LogP contribution in [0.4, 0.5) is 0 Å². The number of Topliss-reactive ketones (excluding diaryl/α,β-unsaturated/α-hetero) is 1. The first kappa shape index (κ1) is 17.9. The third-order valence-corrected chi connectivity index (χ3v) is 4.69. The molecule has 4 nitrogen and oxygen atoms in total. The Balaban J connectivity index is 2.03. The zero-order valence-electron chi connectivity index (χ0n) is 13.2. The van der Waals surface area contributed by atoms with Crippen molar-refractivity contribution in [2.75, 3.05) is 0 Å². The van der Waals surface area contributed by atoms with Crippen LogP contribution in [-0.2, 0) is 0 Å². The lowest BCUT2D eigenvalue weighted by molar-refractivity contribution is 0.0901. The number of benzene rings is 2. The van der Waals surface area contributed by atoms with Gasteiger partial charge in [0.2, 0.25) is 0 Å². The Kier molecular flexibility index (Phi) is 5.42. The molecule has 0 saturated carbocycles. The van der Waals surface area contributed by atoms with Crippen LogP contribution in [-0.4, -0.2) is 20.5 Å². The molecule has 0 spiro atoms. The molecule has 1 aromatic heterocycles. The molecule has 3 aromatic rings. The van der Waals surface area contributed by atoms with Gasteiger partial charge < -0.3 is 0 Å². The standard InChI is InChI=1S/C18H14Cl3N3O/c1-11(13-6-15(20)8-16(21)7-13)17(24-10-22-9-23-24)18(25)12-2-4-14(19)5-3-12/h2-11,17H,1H3. The van der Waals surface area contributed by atoms with Gasteiger partial charge in [0, 0.05) is 26.5 Å². The summed E-state index contributed by atoms with van der Waals surface area (Å²) in [6, 6.07) is 11.5. The number of aromatic nitrogens is 3. The highest BCUT2D eigenvalue weighted by molar-refractivity contribution is 6.34. The van der Waals surface area contributed by atoms with Crippen LogP contribution in [0.3, 0.4) is 0 Å². The molecule has 0 amide bonds. The van der Waals surface area contributed by atoms with Crippen LogP contribution < -0.4 is 0 Å². The van der Waals surface area contributed by atoms with E-state index in [-0.39, 0.29) is 11.7 Å². The molecule has 7 heteroatoms. The van der Waals surface area contributed by atoms with E-state index in [4.69, 9.17) is 34.8 Å². The second-order valence-corrected chi connectivity index (χ2v) is 6.99. The van der Waals surface area contributed by atoms with E-state index in [9.17, 15) is 4.79 Å². The number of halogens is 3. The summed E-state index contributed by atoms with van der Waals surface area (Å²) < 4.78 is 1.55. The summed E-state index contributed by atoms with van der Waals surface area (Å²) in [7, 11) is 0. The fourth-order valence-electron chi connectivity index (χ4n) is 2.74. The number of rotatable bonds is 5. The molecule has 2 aromatic carbocycles. The second-order valence-electron chi connectivity index (χ2n) is 5.68. The van der Waals surface area contributed by atoms with Gasteiger partial charge in [-0.15, -0.1) is 0 Å². The Bertz CT molecular complexity index is 859. The van der Waals surface area contributed by atoms with Gasteiger partial charge in [-0.25, -0.2) is 9.67 Å². The summed E-state index contributed by atoms with van der Waals surface area (Å²) in [6.45, 7) is 1.93. The van der Waals surface area contributed by atoms with Gasteiger partial charge in [0.15, 0.2) is 5.78 Å². The third-order valence-electron chi connectivity index (χ3n) is 4.00. The summed E-state index contributed by atoms with van der Waals surface area (Å²) in [5, 5.41) is 5.78. The lowest BCUT2D eigenvalue weighted by Gasteiger charge is -2.24. The lowest BCUT2D eigenvalue weighted by Crippen LogP contribution is -2.25. The van der Waals surface area contributed by atoms with Gasteiger partial charge in [-0.05, 0) is 48.0 Å². The third kappa shape index (κ3) is 4.03. The molecule has 0 saturated heterocycles. The monoisotopic (exact) mass is 393 g/mol. The van der Waals surface area contributed by atoms with Crippen molar-refractivity contribution in [3.05, 3.63) is 81.3 Å². The van der Waals surface area contributed by atoms with Crippen LogP contribution in [0.5, 0.6) is 0 Å². The molecule has 0 bridgehead atoms. The van der Waals surface area contributed by atoms with E-state index in [0.717, 1.165) is 5.56 Å². The van der Waals surface area contributed by atoms with Gasteiger partial charge in [0.25, 0.3) is 0 Å². The Morgan fingerprint density at radius 2 is 1.64 bits per heavy atom. The molecular formula is C18H14Cl3N3O. The molecule has 0 aliphatic heterocycles. The SMILES string of the molecule is CC(c1cc(Cl)cc(Cl)c1)C(C(=O)c1ccc(Cl)cc1)n1cncn1. The van der Waals surface area contributed by atoms with Crippen LogP contribution in [0.1, 0.15) is 34.8 Å². The minimum atomic E-state index is -0.585. The molecule has 0 aliphatic carbocycles. The number of hydrogen-bond acceptors (Lipinski definition) is 3. The van der Waals surface area contributed by atoms with Crippen molar-refractivity contribution >= 4 is 40.6 Å². The van der Waals surface area contributed by atoms with E-state index < -0.39 is 6.04 Å². The van der Waals surface area contributed by atoms with Crippen molar-refractivity contribution in [3.63, 3.8) is 0 Å². The minimum absolute atomic E-state index is 0.0919. The first-order valence-electron chi connectivity index (χ1n) is 7.55. The van der Waals surface area contributed by atoms with Crippen LogP contribution in [0, 0.1) is 0 Å². The van der Waals surface area contributed by atoms with Gasteiger partial charge in [-0.3, -0.25) is 4.79 Å². The number of ketones is 1. The van der Waals surface area contributed by atoms with Gasteiger partial charge in [0.1, 0.15) is 18.7 Å². The van der Waals surface area contributed by atoms with Gasteiger partial charge in [-0.2, -0.15) is 5.10 Å². The molecule has 0 radical (unpaired) electrons. The Morgan fingerprint density at radius 3 is 2.20 bits per heavy atom. The Morgan fingerprint density at radius 1 is 1.00 bits per heavy atom. The summed E-state index contributed by atoms with van der Waals surface area (Å²) in [4.78, 5) is 17.1. The largest absolute Gasteiger partial charge is 0.292 e. The molecule has 3 rings (SSSR count). The first-order chi connectivity index (χ1) is 12.0. The van der Waals surface area contributed by atoms with Gasteiger partial charge >= 0.3 is 0 Å². The summed E-state index contributed by atoms with van der Waals surface area (Å²) in [5.41, 5.74) is 1.39. The lowest BCUT2D eigenvalue weighted by atomic mass is 9.88. The van der Waals surface area contributed by atoms with Crippen LogP contribution in [0.15, 0.2) is 55.1 Å². The van der Waals surface area contributed by atoms with E-state index in [2.05, 4.69) is 10.1 Å². The van der Waals surface area contributed by atoms with E-state index in [1.165, 1.54) is 12.7 Å². The van der Waals surface area contributed by atoms with Gasteiger partial charge in [-0.1, -0.05) is 41.7 Å². The summed E-state index contributed by atoms with van der Waals surface area (Å²) in [6.07, 6.45) is 2.93.